The molecule has 5 heteroatoms. The fourth-order valence-electron chi connectivity index (χ4n) is 2.95. The topological polar surface area (TPSA) is 58.6 Å². The summed E-state index contributed by atoms with van der Waals surface area (Å²) in [4.78, 5) is 26.5. The molecule has 29 heavy (non-hydrogen) atoms. The van der Waals surface area contributed by atoms with E-state index in [0.717, 1.165) is 16.8 Å². The third kappa shape index (κ3) is 5.23. The van der Waals surface area contributed by atoms with Gasteiger partial charge in [0.25, 0.3) is 0 Å². The Morgan fingerprint density at radius 2 is 1.62 bits per heavy atom. The predicted octanol–water partition coefficient (Wildman–Crippen LogP) is 5.09. The first-order valence-corrected chi connectivity index (χ1v) is 9.41. The molecular formula is C24H24N2O3. The summed E-state index contributed by atoms with van der Waals surface area (Å²) < 4.78 is 5.95. The molecule has 0 fully saturated rings. The van der Waals surface area contributed by atoms with Crippen LogP contribution < -0.4 is 15.0 Å². The van der Waals surface area contributed by atoms with Crippen LogP contribution >= 0.6 is 0 Å². The van der Waals surface area contributed by atoms with E-state index in [1.165, 1.54) is 11.8 Å². The fourth-order valence-corrected chi connectivity index (χ4v) is 2.95. The van der Waals surface area contributed by atoms with Gasteiger partial charge in [0, 0.05) is 12.6 Å². The zero-order chi connectivity index (χ0) is 20.8. The largest absolute Gasteiger partial charge is 0.455 e. The van der Waals surface area contributed by atoms with Crippen molar-refractivity contribution in [1.29, 1.82) is 0 Å². The highest BCUT2D eigenvalue weighted by atomic mass is 16.5. The maximum absolute atomic E-state index is 12.7. The van der Waals surface area contributed by atoms with Gasteiger partial charge >= 0.3 is 0 Å². The van der Waals surface area contributed by atoms with Gasteiger partial charge in [0.15, 0.2) is 5.75 Å². The number of benzene rings is 3. The molecule has 0 bridgehead atoms. The number of nitrogens with zero attached hydrogens (tertiary/aromatic N) is 1. The van der Waals surface area contributed by atoms with Crippen molar-refractivity contribution in [2.24, 2.45) is 0 Å². The van der Waals surface area contributed by atoms with Crippen LogP contribution in [0.2, 0.25) is 0 Å². The number of carbonyl (C=O) groups is 2. The van der Waals surface area contributed by atoms with Crippen LogP contribution in [0, 0.1) is 13.8 Å². The van der Waals surface area contributed by atoms with E-state index in [-0.39, 0.29) is 18.4 Å². The van der Waals surface area contributed by atoms with Crippen LogP contribution in [-0.4, -0.2) is 18.4 Å². The molecular weight excluding hydrogens is 364 g/mol. The lowest BCUT2D eigenvalue weighted by molar-refractivity contribution is -0.120. The lowest BCUT2D eigenvalue weighted by atomic mass is 10.1. The van der Waals surface area contributed by atoms with Gasteiger partial charge < -0.3 is 10.1 Å². The lowest BCUT2D eigenvalue weighted by Crippen LogP contribution is -2.37. The van der Waals surface area contributed by atoms with Gasteiger partial charge in [-0.2, -0.15) is 0 Å². The predicted molar refractivity (Wildman–Crippen MR) is 116 cm³/mol. The summed E-state index contributed by atoms with van der Waals surface area (Å²) in [6.45, 7) is 5.22. The third-order valence-electron chi connectivity index (χ3n) is 4.48. The monoisotopic (exact) mass is 388 g/mol. The van der Waals surface area contributed by atoms with Gasteiger partial charge in [-0.3, -0.25) is 14.5 Å². The number of aryl methyl sites for hydroxylation is 2. The van der Waals surface area contributed by atoms with E-state index in [4.69, 9.17) is 4.74 Å². The molecule has 0 atom stereocenters. The average molecular weight is 388 g/mol. The molecule has 0 aliphatic heterocycles. The maximum atomic E-state index is 12.7. The molecule has 5 nitrogen and oxygen atoms in total. The number of amides is 2. The maximum Gasteiger partial charge on any atom is 0.244 e. The summed E-state index contributed by atoms with van der Waals surface area (Å²) in [5, 5.41) is 2.90. The van der Waals surface area contributed by atoms with Crippen molar-refractivity contribution >= 4 is 23.2 Å². The Balaban J connectivity index is 1.82. The zero-order valence-electron chi connectivity index (χ0n) is 16.8. The minimum atomic E-state index is -0.275. The number of carbonyl (C=O) groups excluding carboxylic acids is 2. The van der Waals surface area contributed by atoms with Crippen LogP contribution in [0.4, 0.5) is 11.4 Å². The van der Waals surface area contributed by atoms with E-state index >= 15 is 0 Å². The van der Waals surface area contributed by atoms with Crippen LogP contribution in [0.25, 0.3) is 0 Å². The summed E-state index contributed by atoms with van der Waals surface area (Å²) in [7, 11) is 0. The van der Waals surface area contributed by atoms with Crippen LogP contribution in [0.1, 0.15) is 18.1 Å². The Hall–Kier alpha value is -3.60. The van der Waals surface area contributed by atoms with E-state index < -0.39 is 0 Å². The standard InChI is InChI=1S/C24H24N2O3/c1-17-13-14-18(2)21(15-17)25-24(28)16-26(19(3)27)22-11-7-8-12-23(22)29-20-9-5-4-6-10-20/h4-15H,16H2,1-3H3,(H,25,28). The molecule has 0 aliphatic rings. The van der Waals surface area contributed by atoms with Gasteiger partial charge in [0.1, 0.15) is 12.3 Å². The zero-order valence-corrected chi connectivity index (χ0v) is 16.8. The highest BCUT2D eigenvalue weighted by Crippen LogP contribution is 2.32. The summed E-state index contributed by atoms with van der Waals surface area (Å²) in [5.41, 5.74) is 3.30. The Morgan fingerprint density at radius 3 is 2.34 bits per heavy atom. The molecule has 3 aromatic rings. The Labute approximate surface area is 170 Å². The van der Waals surface area contributed by atoms with Crippen molar-refractivity contribution in [1.82, 2.24) is 0 Å². The molecule has 3 aromatic carbocycles. The number of rotatable bonds is 6. The molecule has 0 unspecified atom stereocenters. The van der Waals surface area contributed by atoms with Crippen molar-refractivity contribution < 1.29 is 14.3 Å². The van der Waals surface area contributed by atoms with Crippen molar-refractivity contribution in [2.75, 3.05) is 16.8 Å². The first-order valence-electron chi connectivity index (χ1n) is 9.41. The number of para-hydroxylation sites is 3. The van der Waals surface area contributed by atoms with Crippen molar-refractivity contribution in [3.8, 4) is 11.5 Å². The first-order chi connectivity index (χ1) is 13.9. The Bertz CT molecular complexity index is 1020. The first kappa shape index (κ1) is 20.1. The van der Waals surface area contributed by atoms with Gasteiger partial charge in [-0.15, -0.1) is 0 Å². The minimum Gasteiger partial charge on any atom is -0.455 e. The molecule has 148 valence electrons. The van der Waals surface area contributed by atoms with Gasteiger partial charge in [-0.05, 0) is 55.3 Å². The SMILES string of the molecule is CC(=O)N(CC(=O)Nc1cc(C)ccc1C)c1ccccc1Oc1ccccc1. The minimum absolute atomic E-state index is 0.113. The van der Waals surface area contributed by atoms with Gasteiger partial charge in [0.2, 0.25) is 11.8 Å². The third-order valence-corrected chi connectivity index (χ3v) is 4.48. The quantitative estimate of drug-likeness (QED) is 0.640. The van der Waals surface area contributed by atoms with Crippen LogP contribution in [0.3, 0.4) is 0 Å². The number of ether oxygens (including phenoxy) is 1. The normalized spacial score (nSPS) is 10.3. The van der Waals surface area contributed by atoms with Crippen molar-refractivity contribution in [2.45, 2.75) is 20.8 Å². The van der Waals surface area contributed by atoms with Crippen LogP contribution in [-0.2, 0) is 9.59 Å². The number of hydrogen-bond donors (Lipinski definition) is 1. The molecule has 0 heterocycles. The fraction of sp³-hybridized carbons (Fsp3) is 0.167. The average Bonchev–Trinajstić information content (AvgIpc) is 2.70. The van der Waals surface area contributed by atoms with E-state index in [2.05, 4.69) is 5.32 Å². The molecule has 1 N–H and O–H groups in total. The molecule has 0 spiro atoms. The van der Waals surface area contributed by atoms with Crippen molar-refractivity contribution in [3.63, 3.8) is 0 Å². The molecule has 0 aromatic heterocycles. The second kappa shape index (κ2) is 9.06. The van der Waals surface area contributed by atoms with Gasteiger partial charge in [-0.1, -0.05) is 42.5 Å². The number of hydrogen-bond acceptors (Lipinski definition) is 3. The van der Waals surface area contributed by atoms with E-state index in [1.807, 2.05) is 74.5 Å². The molecule has 3 rings (SSSR count). The van der Waals surface area contributed by atoms with E-state index in [0.29, 0.717) is 17.2 Å². The molecule has 0 aliphatic carbocycles. The van der Waals surface area contributed by atoms with Crippen LogP contribution in [0.15, 0.2) is 72.8 Å². The van der Waals surface area contributed by atoms with E-state index in [1.54, 1.807) is 12.1 Å². The molecule has 0 radical (unpaired) electrons. The summed E-state index contributed by atoms with van der Waals surface area (Å²) in [6, 6.07) is 22.4. The summed E-state index contributed by atoms with van der Waals surface area (Å²) >= 11 is 0. The highest BCUT2D eigenvalue weighted by Gasteiger charge is 2.20. The summed E-state index contributed by atoms with van der Waals surface area (Å²) in [6.07, 6.45) is 0. The Morgan fingerprint density at radius 1 is 0.931 bits per heavy atom. The second-order valence-electron chi connectivity index (χ2n) is 6.85. The van der Waals surface area contributed by atoms with E-state index in [9.17, 15) is 9.59 Å². The molecule has 2 amide bonds. The lowest BCUT2D eigenvalue weighted by Gasteiger charge is -2.23. The smallest absolute Gasteiger partial charge is 0.244 e. The highest BCUT2D eigenvalue weighted by molar-refractivity contribution is 6.02. The molecule has 0 saturated heterocycles. The van der Waals surface area contributed by atoms with Gasteiger partial charge in [0.05, 0.1) is 5.69 Å². The molecule has 0 saturated carbocycles. The summed E-state index contributed by atoms with van der Waals surface area (Å²) in [5.74, 6) is 0.644. The Kier molecular flexibility index (Phi) is 6.29. The number of nitrogens with one attached hydrogen (secondary N) is 1. The van der Waals surface area contributed by atoms with Crippen molar-refractivity contribution in [3.05, 3.63) is 83.9 Å². The number of anilines is 2. The van der Waals surface area contributed by atoms with Gasteiger partial charge in [-0.25, -0.2) is 0 Å². The second-order valence-corrected chi connectivity index (χ2v) is 6.85. The van der Waals surface area contributed by atoms with Crippen LogP contribution in [0.5, 0.6) is 11.5 Å².